The van der Waals surface area contributed by atoms with E-state index in [1.807, 2.05) is 38.1 Å². The lowest BCUT2D eigenvalue weighted by atomic mass is 10.2. The minimum Gasteiger partial charge on any atom is -0.497 e. The molecule has 0 aliphatic heterocycles. The second-order valence-corrected chi connectivity index (χ2v) is 8.00. The molecule has 1 amide bonds. The van der Waals surface area contributed by atoms with Gasteiger partial charge in [-0.1, -0.05) is 38.1 Å². The molecule has 0 unspecified atom stereocenters. The SMILES string of the molecule is CCN(CC)S(=O)(=O)c1ccc(/C=C/C(=O)NCc2cccc(OC)c2)cc1. The maximum Gasteiger partial charge on any atom is 0.244 e. The van der Waals surface area contributed by atoms with Crippen molar-refractivity contribution in [2.75, 3.05) is 20.2 Å². The van der Waals surface area contributed by atoms with E-state index in [0.717, 1.165) is 16.9 Å². The minimum atomic E-state index is -3.47. The van der Waals surface area contributed by atoms with Crippen LogP contribution in [0.3, 0.4) is 0 Å². The van der Waals surface area contributed by atoms with Crippen LogP contribution in [-0.2, 0) is 21.4 Å². The highest BCUT2D eigenvalue weighted by molar-refractivity contribution is 7.89. The number of carbonyl (C=O) groups is 1. The van der Waals surface area contributed by atoms with Crippen molar-refractivity contribution in [3.8, 4) is 5.75 Å². The van der Waals surface area contributed by atoms with Gasteiger partial charge in [0, 0.05) is 25.7 Å². The lowest BCUT2D eigenvalue weighted by Crippen LogP contribution is -2.30. The monoisotopic (exact) mass is 402 g/mol. The van der Waals surface area contributed by atoms with Crippen LogP contribution in [-0.4, -0.2) is 38.8 Å². The van der Waals surface area contributed by atoms with Crippen molar-refractivity contribution >= 4 is 22.0 Å². The Labute approximate surface area is 166 Å². The third-order valence-corrected chi connectivity index (χ3v) is 6.32. The molecule has 0 spiro atoms. The molecule has 0 radical (unpaired) electrons. The summed E-state index contributed by atoms with van der Waals surface area (Å²) in [4.78, 5) is 12.3. The molecular weight excluding hydrogens is 376 g/mol. The largest absolute Gasteiger partial charge is 0.497 e. The van der Waals surface area contributed by atoms with Crippen molar-refractivity contribution in [2.24, 2.45) is 0 Å². The number of nitrogens with one attached hydrogen (secondary N) is 1. The Hall–Kier alpha value is -2.64. The van der Waals surface area contributed by atoms with Crippen molar-refractivity contribution in [3.05, 3.63) is 65.7 Å². The van der Waals surface area contributed by atoms with Crippen LogP contribution in [0, 0.1) is 0 Å². The fourth-order valence-corrected chi connectivity index (χ4v) is 4.12. The van der Waals surface area contributed by atoms with Crippen LogP contribution in [0.1, 0.15) is 25.0 Å². The molecule has 0 heterocycles. The van der Waals surface area contributed by atoms with Crippen molar-refractivity contribution in [3.63, 3.8) is 0 Å². The maximum atomic E-state index is 12.5. The number of methoxy groups -OCH3 is 1. The van der Waals surface area contributed by atoms with Crippen LogP contribution >= 0.6 is 0 Å². The van der Waals surface area contributed by atoms with Gasteiger partial charge in [0.1, 0.15) is 5.75 Å². The number of carbonyl (C=O) groups excluding carboxylic acids is 1. The van der Waals surface area contributed by atoms with Crippen LogP contribution in [0.4, 0.5) is 0 Å². The fraction of sp³-hybridized carbons (Fsp3) is 0.286. The first kappa shape index (κ1) is 21.7. The zero-order chi connectivity index (χ0) is 20.6. The van der Waals surface area contributed by atoms with Crippen molar-refractivity contribution in [2.45, 2.75) is 25.3 Å². The lowest BCUT2D eigenvalue weighted by molar-refractivity contribution is -0.116. The Morgan fingerprint density at radius 2 is 1.79 bits per heavy atom. The molecule has 2 aromatic carbocycles. The van der Waals surface area contributed by atoms with Gasteiger partial charge in [-0.25, -0.2) is 8.42 Å². The second kappa shape index (κ2) is 10.1. The molecule has 28 heavy (non-hydrogen) atoms. The van der Waals surface area contributed by atoms with Crippen molar-refractivity contribution in [1.82, 2.24) is 9.62 Å². The van der Waals surface area contributed by atoms with Crippen LogP contribution in [0.2, 0.25) is 0 Å². The summed E-state index contributed by atoms with van der Waals surface area (Å²) in [5.74, 6) is 0.504. The minimum absolute atomic E-state index is 0.234. The number of sulfonamides is 1. The molecule has 0 atom stereocenters. The third kappa shape index (κ3) is 5.68. The van der Waals surface area contributed by atoms with Crippen LogP contribution in [0.5, 0.6) is 5.75 Å². The normalized spacial score (nSPS) is 11.7. The fourth-order valence-electron chi connectivity index (χ4n) is 2.67. The smallest absolute Gasteiger partial charge is 0.244 e. The number of rotatable bonds is 9. The summed E-state index contributed by atoms with van der Waals surface area (Å²) in [6.07, 6.45) is 3.07. The number of benzene rings is 2. The predicted octanol–water partition coefficient (Wildman–Crippen LogP) is 3.06. The van der Waals surface area contributed by atoms with E-state index in [1.165, 1.54) is 10.4 Å². The summed E-state index contributed by atoms with van der Waals surface area (Å²) < 4.78 is 31.5. The number of hydrogen-bond donors (Lipinski definition) is 1. The standard InChI is InChI=1S/C21H26N2O4S/c1-4-23(5-2)28(25,26)20-12-9-17(10-13-20)11-14-21(24)22-16-18-7-6-8-19(15-18)27-3/h6-15H,4-5,16H2,1-3H3,(H,22,24)/b14-11+. The van der Waals surface area contributed by atoms with Crippen molar-refractivity contribution < 1.29 is 17.9 Å². The zero-order valence-electron chi connectivity index (χ0n) is 16.4. The van der Waals surface area contributed by atoms with Gasteiger partial charge in [-0.2, -0.15) is 4.31 Å². The van der Waals surface area contributed by atoms with Gasteiger partial charge in [0.15, 0.2) is 0 Å². The molecule has 0 saturated carbocycles. The van der Waals surface area contributed by atoms with Crippen LogP contribution in [0.15, 0.2) is 59.5 Å². The van der Waals surface area contributed by atoms with Gasteiger partial charge in [0.2, 0.25) is 15.9 Å². The zero-order valence-corrected chi connectivity index (χ0v) is 17.2. The molecule has 0 aliphatic carbocycles. The molecule has 150 valence electrons. The van der Waals surface area contributed by atoms with E-state index in [0.29, 0.717) is 19.6 Å². The highest BCUT2D eigenvalue weighted by atomic mass is 32.2. The molecule has 2 rings (SSSR count). The quantitative estimate of drug-likeness (QED) is 0.654. The van der Waals surface area contributed by atoms with E-state index in [2.05, 4.69) is 5.32 Å². The Kier molecular flexibility index (Phi) is 7.78. The summed E-state index contributed by atoms with van der Waals surface area (Å²) >= 11 is 0. The van der Waals surface area contributed by atoms with Gasteiger partial charge < -0.3 is 10.1 Å². The van der Waals surface area contributed by atoms with Gasteiger partial charge in [0.25, 0.3) is 0 Å². The molecule has 0 aromatic heterocycles. The number of nitrogens with zero attached hydrogens (tertiary/aromatic N) is 1. The first-order valence-electron chi connectivity index (χ1n) is 9.09. The molecule has 1 N–H and O–H groups in total. The summed E-state index contributed by atoms with van der Waals surface area (Å²) in [5, 5.41) is 2.80. The van der Waals surface area contributed by atoms with Gasteiger partial charge in [-0.15, -0.1) is 0 Å². The molecule has 0 bridgehead atoms. The van der Waals surface area contributed by atoms with E-state index < -0.39 is 10.0 Å². The predicted molar refractivity (Wildman–Crippen MR) is 110 cm³/mol. The molecule has 6 nitrogen and oxygen atoms in total. The average molecular weight is 403 g/mol. The Bertz CT molecular complexity index is 918. The second-order valence-electron chi connectivity index (χ2n) is 6.06. The van der Waals surface area contributed by atoms with E-state index in [4.69, 9.17) is 4.74 Å². The van der Waals surface area contributed by atoms with Gasteiger partial charge in [0.05, 0.1) is 12.0 Å². The first-order valence-corrected chi connectivity index (χ1v) is 10.5. The van der Waals surface area contributed by atoms with Crippen molar-refractivity contribution in [1.29, 1.82) is 0 Å². The van der Waals surface area contributed by atoms with Crippen LogP contribution < -0.4 is 10.1 Å². The highest BCUT2D eigenvalue weighted by Gasteiger charge is 2.20. The first-order chi connectivity index (χ1) is 13.4. The maximum absolute atomic E-state index is 12.5. The molecule has 0 saturated heterocycles. The lowest BCUT2D eigenvalue weighted by Gasteiger charge is -2.18. The van der Waals surface area contributed by atoms with E-state index in [1.54, 1.807) is 37.5 Å². The Balaban J connectivity index is 1.97. The van der Waals surface area contributed by atoms with Gasteiger partial charge >= 0.3 is 0 Å². The van der Waals surface area contributed by atoms with E-state index in [-0.39, 0.29) is 10.8 Å². The summed E-state index contributed by atoms with van der Waals surface area (Å²) in [5.41, 5.74) is 1.68. The summed E-state index contributed by atoms with van der Waals surface area (Å²) in [6.45, 7) is 4.86. The Morgan fingerprint density at radius 1 is 1.11 bits per heavy atom. The molecule has 0 fully saturated rings. The molecule has 2 aromatic rings. The molecule has 7 heteroatoms. The van der Waals surface area contributed by atoms with E-state index >= 15 is 0 Å². The molecular formula is C21H26N2O4S. The van der Waals surface area contributed by atoms with Gasteiger partial charge in [-0.05, 0) is 41.5 Å². The topological polar surface area (TPSA) is 75.7 Å². The number of ether oxygens (including phenoxy) is 1. The van der Waals surface area contributed by atoms with Gasteiger partial charge in [-0.3, -0.25) is 4.79 Å². The van der Waals surface area contributed by atoms with Crippen LogP contribution in [0.25, 0.3) is 6.08 Å². The Morgan fingerprint density at radius 3 is 2.39 bits per heavy atom. The third-order valence-electron chi connectivity index (χ3n) is 4.25. The summed E-state index contributed by atoms with van der Waals surface area (Å²) in [7, 11) is -1.88. The number of hydrogen-bond acceptors (Lipinski definition) is 4. The van der Waals surface area contributed by atoms with E-state index in [9.17, 15) is 13.2 Å². The molecule has 0 aliphatic rings. The highest BCUT2D eigenvalue weighted by Crippen LogP contribution is 2.17. The average Bonchev–Trinajstić information content (AvgIpc) is 2.72. The number of amides is 1. The summed E-state index contributed by atoms with van der Waals surface area (Å²) in [6, 6.07) is 14.0.